The van der Waals surface area contributed by atoms with Gasteiger partial charge in [0.15, 0.2) is 0 Å². The van der Waals surface area contributed by atoms with E-state index in [1.54, 1.807) is 13.3 Å². The summed E-state index contributed by atoms with van der Waals surface area (Å²) in [5.41, 5.74) is 0.933. The van der Waals surface area contributed by atoms with E-state index in [0.717, 1.165) is 18.7 Å². The van der Waals surface area contributed by atoms with E-state index >= 15 is 0 Å². The van der Waals surface area contributed by atoms with Gasteiger partial charge in [0.25, 0.3) is 0 Å². The maximum atomic E-state index is 9.33. The number of rotatable bonds is 3. The number of aryl methyl sites for hydroxylation is 1. The average molecular weight is 223 g/mol. The van der Waals surface area contributed by atoms with Crippen LogP contribution >= 0.6 is 0 Å². The third-order valence-electron chi connectivity index (χ3n) is 2.96. The number of nitrogens with zero attached hydrogens (tertiary/aromatic N) is 3. The van der Waals surface area contributed by atoms with Crippen molar-refractivity contribution >= 4 is 5.95 Å². The molecular formula is C11H17N3O2. The Morgan fingerprint density at radius 2 is 2.44 bits per heavy atom. The van der Waals surface area contributed by atoms with Crippen LogP contribution in [0.2, 0.25) is 0 Å². The summed E-state index contributed by atoms with van der Waals surface area (Å²) >= 11 is 0. The Hall–Kier alpha value is -1.20. The Bertz CT molecular complexity index is 359. The van der Waals surface area contributed by atoms with Gasteiger partial charge in [-0.15, -0.1) is 0 Å². The Kier molecular flexibility index (Phi) is 3.36. The standard InChI is InChI=1S/C11H17N3O2/c1-8-3-4-12-11(13-8)14-6-10(16-2)5-9(14)7-15/h3-4,9-10,15H,5-7H2,1-2H3/t9-,10+/m0/s1. The molecule has 2 atom stereocenters. The van der Waals surface area contributed by atoms with Crippen molar-refractivity contribution in [3.8, 4) is 0 Å². The summed E-state index contributed by atoms with van der Waals surface area (Å²) in [6.07, 6.45) is 2.72. The molecule has 1 N–H and O–H groups in total. The Labute approximate surface area is 95.1 Å². The molecule has 0 bridgehead atoms. The summed E-state index contributed by atoms with van der Waals surface area (Å²) in [5, 5.41) is 9.33. The number of aliphatic hydroxyl groups excluding tert-OH is 1. The summed E-state index contributed by atoms with van der Waals surface area (Å²) < 4.78 is 5.32. The number of methoxy groups -OCH3 is 1. The van der Waals surface area contributed by atoms with E-state index in [9.17, 15) is 5.11 Å². The van der Waals surface area contributed by atoms with Crippen molar-refractivity contribution < 1.29 is 9.84 Å². The molecule has 1 aliphatic rings. The molecule has 0 spiro atoms. The summed E-state index contributed by atoms with van der Waals surface area (Å²) in [7, 11) is 1.69. The first-order valence-corrected chi connectivity index (χ1v) is 5.44. The van der Waals surface area contributed by atoms with Crippen LogP contribution in [0.4, 0.5) is 5.95 Å². The van der Waals surface area contributed by atoms with Crippen molar-refractivity contribution in [2.24, 2.45) is 0 Å². The summed E-state index contributed by atoms with van der Waals surface area (Å²) in [4.78, 5) is 10.6. The Morgan fingerprint density at radius 1 is 1.62 bits per heavy atom. The van der Waals surface area contributed by atoms with Gasteiger partial charge in [0, 0.05) is 25.5 Å². The molecule has 0 aromatic carbocycles. The first-order valence-electron chi connectivity index (χ1n) is 5.44. The zero-order chi connectivity index (χ0) is 11.5. The summed E-state index contributed by atoms with van der Waals surface area (Å²) in [6, 6.07) is 1.92. The zero-order valence-corrected chi connectivity index (χ0v) is 9.63. The second kappa shape index (κ2) is 4.76. The minimum atomic E-state index is 0.0618. The molecule has 0 aliphatic carbocycles. The van der Waals surface area contributed by atoms with Gasteiger partial charge >= 0.3 is 0 Å². The number of hydrogen-bond acceptors (Lipinski definition) is 5. The van der Waals surface area contributed by atoms with Gasteiger partial charge in [0.1, 0.15) is 0 Å². The molecule has 1 saturated heterocycles. The second-order valence-electron chi connectivity index (χ2n) is 4.08. The molecule has 1 aliphatic heterocycles. The fraction of sp³-hybridized carbons (Fsp3) is 0.636. The summed E-state index contributed by atoms with van der Waals surface area (Å²) in [6.45, 7) is 2.78. The molecule has 16 heavy (non-hydrogen) atoms. The van der Waals surface area contributed by atoms with E-state index in [4.69, 9.17) is 4.74 Å². The molecule has 0 radical (unpaired) electrons. The molecule has 2 rings (SSSR count). The molecule has 5 nitrogen and oxygen atoms in total. The van der Waals surface area contributed by atoms with E-state index in [-0.39, 0.29) is 18.8 Å². The van der Waals surface area contributed by atoms with Gasteiger partial charge in [-0.3, -0.25) is 0 Å². The molecule has 5 heteroatoms. The lowest BCUT2D eigenvalue weighted by atomic mass is 10.2. The predicted molar refractivity (Wildman–Crippen MR) is 60.4 cm³/mol. The largest absolute Gasteiger partial charge is 0.394 e. The Morgan fingerprint density at radius 3 is 3.06 bits per heavy atom. The van der Waals surface area contributed by atoms with Crippen molar-refractivity contribution in [2.75, 3.05) is 25.2 Å². The normalized spacial score (nSPS) is 25.1. The molecule has 0 unspecified atom stereocenters. The molecule has 2 heterocycles. The quantitative estimate of drug-likeness (QED) is 0.802. The van der Waals surface area contributed by atoms with Crippen molar-refractivity contribution in [1.29, 1.82) is 0 Å². The first kappa shape index (κ1) is 11.3. The average Bonchev–Trinajstić information content (AvgIpc) is 2.72. The number of anilines is 1. The minimum Gasteiger partial charge on any atom is -0.394 e. The topological polar surface area (TPSA) is 58.5 Å². The molecule has 1 aromatic heterocycles. The second-order valence-corrected chi connectivity index (χ2v) is 4.08. The third kappa shape index (κ3) is 2.15. The van der Waals surface area contributed by atoms with Crippen molar-refractivity contribution in [1.82, 2.24) is 9.97 Å². The van der Waals surface area contributed by atoms with Gasteiger partial charge < -0.3 is 14.7 Å². The van der Waals surface area contributed by atoms with E-state index in [0.29, 0.717) is 5.95 Å². The maximum absolute atomic E-state index is 9.33. The number of aromatic nitrogens is 2. The Balaban J connectivity index is 2.19. The number of hydrogen-bond donors (Lipinski definition) is 1. The maximum Gasteiger partial charge on any atom is 0.225 e. The van der Waals surface area contributed by atoms with Crippen molar-refractivity contribution in [3.05, 3.63) is 18.0 Å². The van der Waals surface area contributed by atoms with Gasteiger partial charge in [-0.2, -0.15) is 0 Å². The molecule has 1 fully saturated rings. The fourth-order valence-corrected chi connectivity index (χ4v) is 2.04. The van der Waals surface area contributed by atoms with E-state index in [2.05, 4.69) is 9.97 Å². The van der Waals surface area contributed by atoms with Gasteiger partial charge in [0.05, 0.1) is 18.8 Å². The fourth-order valence-electron chi connectivity index (χ4n) is 2.04. The molecular weight excluding hydrogens is 206 g/mol. The number of aliphatic hydroxyl groups is 1. The van der Waals surface area contributed by atoms with Crippen LogP contribution in [0.3, 0.4) is 0 Å². The third-order valence-corrected chi connectivity index (χ3v) is 2.96. The molecule has 0 saturated carbocycles. The van der Waals surface area contributed by atoms with E-state index in [1.165, 1.54) is 0 Å². The molecule has 1 aromatic rings. The van der Waals surface area contributed by atoms with Crippen LogP contribution in [0.1, 0.15) is 12.1 Å². The van der Waals surface area contributed by atoms with Crippen LogP contribution in [0.25, 0.3) is 0 Å². The van der Waals surface area contributed by atoms with Crippen LogP contribution in [-0.2, 0) is 4.74 Å². The van der Waals surface area contributed by atoms with E-state index < -0.39 is 0 Å². The predicted octanol–water partition coefficient (Wildman–Crippen LogP) is 0.371. The van der Waals surface area contributed by atoms with Gasteiger partial charge in [0.2, 0.25) is 5.95 Å². The summed E-state index contributed by atoms with van der Waals surface area (Å²) in [5.74, 6) is 0.679. The van der Waals surface area contributed by atoms with Crippen molar-refractivity contribution in [3.63, 3.8) is 0 Å². The lowest BCUT2D eigenvalue weighted by molar-refractivity contribution is 0.115. The monoisotopic (exact) mass is 223 g/mol. The first-order chi connectivity index (χ1) is 7.74. The van der Waals surface area contributed by atoms with Crippen LogP contribution < -0.4 is 4.90 Å². The van der Waals surface area contributed by atoms with Crippen molar-refractivity contribution in [2.45, 2.75) is 25.5 Å². The van der Waals surface area contributed by atoms with Crippen LogP contribution in [0.5, 0.6) is 0 Å². The van der Waals surface area contributed by atoms with Crippen LogP contribution in [0.15, 0.2) is 12.3 Å². The van der Waals surface area contributed by atoms with Gasteiger partial charge in [-0.25, -0.2) is 9.97 Å². The lowest BCUT2D eigenvalue weighted by Gasteiger charge is -2.22. The molecule has 88 valence electrons. The van der Waals surface area contributed by atoms with Gasteiger partial charge in [-0.05, 0) is 19.4 Å². The van der Waals surface area contributed by atoms with Crippen LogP contribution in [0, 0.1) is 6.92 Å². The van der Waals surface area contributed by atoms with Gasteiger partial charge in [-0.1, -0.05) is 0 Å². The van der Waals surface area contributed by atoms with E-state index in [1.807, 2.05) is 17.9 Å². The highest BCUT2D eigenvalue weighted by molar-refractivity contribution is 5.34. The lowest BCUT2D eigenvalue weighted by Crippen LogP contribution is -2.33. The minimum absolute atomic E-state index is 0.0618. The smallest absolute Gasteiger partial charge is 0.225 e. The van der Waals surface area contributed by atoms with Crippen LogP contribution in [-0.4, -0.2) is 47.5 Å². The highest BCUT2D eigenvalue weighted by Gasteiger charge is 2.33. The molecule has 0 amide bonds. The SMILES string of the molecule is CO[C@@H]1C[C@@H](CO)N(c2nccc(C)n2)C1. The highest BCUT2D eigenvalue weighted by atomic mass is 16.5. The zero-order valence-electron chi connectivity index (χ0n) is 9.63. The number of ether oxygens (including phenoxy) is 1. The highest BCUT2D eigenvalue weighted by Crippen LogP contribution is 2.23.